The van der Waals surface area contributed by atoms with E-state index in [9.17, 15) is 26.4 Å². The summed E-state index contributed by atoms with van der Waals surface area (Å²) in [7, 11) is -1.52. The van der Waals surface area contributed by atoms with Gasteiger partial charge in [0.05, 0.1) is 21.2 Å². The summed E-state index contributed by atoms with van der Waals surface area (Å²) in [5.41, 5.74) is -1.50. The van der Waals surface area contributed by atoms with E-state index in [4.69, 9.17) is 11.6 Å². The van der Waals surface area contributed by atoms with E-state index in [-0.39, 0.29) is 9.92 Å². The van der Waals surface area contributed by atoms with E-state index in [1.54, 1.807) is 6.07 Å². The quantitative estimate of drug-likeness (QED) is 0.742. The summed E-state index contributed by atoms with van der Waals surface area (Å²) < 4.78 is 65.9. The predicted octanol–water partition coefficient (Wildman–Crippen LogP) is 3.64. The highest BCUT2D eigenvalue weighted by molar-refractivity contribution is 7.92. The van der Waals surface area contributed by atoms with E-state index in [0.29, 0.717) is 10.4 Å². The van der Waals surface area contributed by atoms with Crippen molar-refractivity contribution >= 4 is 33.2 Å². The highest BCUT2D eigenvalue weighted by atomic mass is 35.5. The summed E-state index contributed by atoms with van der Waals surface area (Å²) in [6, 6.07) is 9.39. The number of amides is 1. The molecule has 0 unspecified atom stereocenters. The second-order valence-electron chi connectivity index (χ2n) is 5.78. The van der Waals surface area contributed by atoms with Crippen LogP contribution in [0.5, 0.6) is 0 Å². The van der Waals surface area contributed by atoms with Crippen molar-refractivity contribution < 1.29 is 26.4 Å². The minimum atomic E-state index is -4.70. The Balaban J connectivity index is 2.66. The van der Waals surface area contributed by atoms with E-state index >= 15 is 0 Å². The van der Waals surface area contributed by atoms with Crippen LogP contribution in [0, 0.1) is 0 Å². The second-order valence-corrected chi connectivity index (χ2v) is 8.05. The van der Waals surface area contributed by atoms with Crippen molar-refractivity contribution in [1.29, 1.82) is 0 Å². The molecule has 0 bridgehead atoms. The van der Waals surface area contributed by atoms with Crippen LogP contribution in [-0.4, -0.2) is 39.9 Å². The molecule has 0 aliphatic carbocycles. The molecule has 0 aromatic heterocycles. The Labute approximate surface area is 160 Å². The van der Waals surface area contributed by atoms with Crippen LogP contribution in [-0.2, 0) is 21.0 Å². The second kappa shape index (κ2) is 7.77. The monoisotopic (exact) mass is 420 g/mol. The lowest BCUT2D eigenvalue weighted by atomic mass is 10.2. The average molecular weight is 421 g/mol. The van der Waals surface area contributed by atoms with E-state index in [0.717, 1.165) is 17.0 Å². The topological polar surface area (TPSA) is 57.7 Å². The highest BCUT2D eigenvalue weighted by Crippen LogP contribution is 2.37. The normalized spacial score (nSPS) is 11.9. The minimum Gasteiger partial charge on any atom is -0.347 e. The molecule has 0 spiro atoms. The zero-order valence-electron chi connectivity index (χ0n) is 14.4. The number of carbonyl (C=O) groups excluding carboxylic acids is 1. The molecule has 1 amide bonds. The SMILES string of the molecule is CN(C)C(=O)CN(c1cc(C(F)(F)F)ccc1Cl)S(=O)(=O)c1ccccc1. The maximum atomic E-state index is 13.1. The van der Waals surface area contributed by atoms with Crippen molar-refractivity contribution in [1.82, 2.24) is 4.90 Å². The van der Waals surface area contributed by atoms with Crippen LogP contribution in [0.4, 0.5) is 18.9 Å². The Kier molecular flexibility index (Phi) is 6.06. The number of hydrogen-bond donors (Lipinski definition) is 0. The Morgan fingerprint density at radius 3 is 2.19 bits per heavy atom. The van der Waals surface area contributed by atoms with Gasteiger partial charge in [0.1, 0.15) is 6.54 Å². The fourth-order valence-corrected chi connectivity index (χ4v) is 3.88. The van der Waals surface area contributed by atoms with Crippen molar-refractivity contribution in [3.8, 4) is 0 Å². The molecular weight excluding hydrogens is 405 g/mol. The van der Waals surface area contributed by atoms with Gasteiger partial charge in [-0.1, -0.05) is 29.8 Å². The Hall–Kier alpha value is -2.26. The third kappa shape index (κ3) is 4.72. The minimum absolute atomic E-state index is 0.176. The molecule has 0 heterocycles. The van der Waals surface area contributed by atoms with Crippen molar-refractivity contribution in [3.05, 3.63) is 59.1 Å². The Bertz CT molecular complexity index is 932. The zero-order valence-corrected chi connectivity index (χ0v) is 15.9. The van der Waals surface area contributed by atoms with Gasteiger partial charge in [0.15, 0.2) is 0 Å². The molecule has 0 saturated heterocycles. The summed E-state index contributed by atoms with van der Waals surface area (Å²) in [6.45, 7) is -0.703. The van der Waals surface area contributed by atoms with Crippen LogP contribution >= 0.6 is 11.6 Å². The fraction of sp³-hybridized carbons (Fsp3) is 0.235. The van der Waals surface area contributed by atoms with Crippen molar-refractivity contribution in [3.63, 3.8) is 0 Å². The van der Waals surface area contributed by atoms with E-state index < -0.39 is 39.9 Å². The van der Waals surface area contributed by atoms with Crippen LogP contribution in [0.25, 0.3) is 0 Å². The lowest BCUT2D eigenvalue weighted by molar-refractivity contribution is -0.137. The Morgan fingerprint density at radius 1 is 1.07 bits per heavy atom. The summed E-state index contributed by atoms with van der Waals surface area (Å²) in [5.74, 6) is -0.622. The number of sulfonamides is 1. The van der Waals surface area contributed by atoms with Crippen molar-refractivity contribution in [2.45, 2.75) is 11.1 Å². The largest absolute Gasteiger partial charge is 0.416 e. The number of benzene rings is 2. The van der Waals surface area contributed by atoms with Gasteiger partial charge in [0.2, 0.25) is 5.91 Å². The number of anilines is 1. The van der Waals surface area contributed by atoms with Crippen molar-refractivity contribution in [2.24, 2.45) is 0 Å². The lowest BCUT2D eigenvalue weighted by Crippen LogP contribution is -2.40. The number of rotatable bonds is 5. The van der Waals surface area contributed by atoms with Gasteiger partial charge in [-0.25, -0.2) is 8.42 Å². The first-order valence-electron chi connectivity index (χ1n) is 7.59. The van der Waals surface area contributed by atoms with Gasteiger partial charge >= 0.3 is 6.18 Å². The molecule has 2 aromatic carbocycles. The molecule has 0 aliphatic rings. The third-order valence-corrected chi connectivity index (χ3v) is 5.74. The number of halogens is 4. The maximum Gasteiger partial charge on any atom is 0.416 e. The summed E-state index contributed by atoms with van der Waals surface area (Å²) in [4.78, 5) is 13.1. The van der Waals surface area contributed by atoms with E-state index in [2.05, 4.69) is 0 Å². The van der Waals surface area contributed by atoms with Crippen LogP contribution in [0.1, 0.15) is 5.56 Å². The summed E-state index contributed by atoms with van der Waals surface area (Å²) in [6.07, 6.45) is -4.70. The summed E-state index contributed by atoms with van der Waals surface area (Å²) in [5, 5.41) is -0.228. The molecule has 0 saturated carbocycles. The first-order chi connectivity index (χ1) is 12.4. The molecule has 2 aromatic rings. The number of alkyl halides is 3. The van der Waals surface area contributed by atoms with Crippen LogP contribution in [0.15, 0.2) is 53.4 Å². The third-order valence-electron chi connectivity index (χ3n) is 3.65. The number of hydrogen-bond acceptors (Lipinski definition) is 3. The van der Waals surface area contributed by atoms with Gasteiger partial charge in [-0.15, -0.1) is 0 Å². The van der Waals surface area contributed by atoms with E-state index in [1.165, 1.54) is 38.4 Å². The molecule has 27 heavy (non-hydrogen) atoms. The van der Waals surface area contributed by atoms with Gasteiger partial charge in [0, 0.05) is 14.1 Å². The highest BCUT2D eigenvalue weighted by Gasteiger charge is 2.34. The molecule has 146 valence electrons. The molecular formula is C17H16ClF3N2O3S. The molecule has 0 radical (unpaired) electrons. The molecule has 10 heteroatoms. The standard InChI is InChI=1S/C17H16ClF3N2O3S/c1-22(2)16(24)11-23(27(25,26)13-6-4-3-5-7-13)15-10-12(17(19,20)21)8-9-14(15)18/h3-10H,11H2,1-2H3. The average Bonchev–Trinajstić information content (AvgIpc) is 2.59. The number of likely N-dealkylation sites (N-methyl/N-ethyl adjacent to an activating group) is 1. The molecule has 0 aliphatic heterocycles. The predicted molar refractivity (Wildman–Crippen MR) is 96.1 cm³/mol. The smallest absolute Gasteiger partial charge is 0.347 e. The van der Waals surface area contributed by atoms with Gasteiger partial charge in [-0.3, -0.25) is 9.10 Å². The number of nitrogens with zero attached hydrogens (tertiary/aromatic N) is 2. The van der Waals surface area contributed by atoms with E-state index in [1.807, 2.05) is 0 Å². The lowest BCUT2D eigenvalue weighted by Gasteiger charge is -2.27. The van der Waals surface area contributed by atoms with Gasteiger partial charge < -0.3 is 4.90 Å². The first-order valence-corrected chi connectivity index (χ1v) is 9.41. The van der Waals surface area contributed by atoms with Gasteiger partial charge in [0.25, 0.3) is 10.0 Å². The van der Waals surface area contributed by atoms with Gasteiger partial charge in [-0.05, 0) is 30.3 Å². The first kappa shape index (κ1) is 21.0. The van der Waals surface area contributed by atoms with Crippen LogP contribution < -0.4 is 4.31 Å². The molecule has 5 nitrogen and oxygen atoms in total. The summed E-state index contributed by atoms with van der Waals surface area (Å²) >= 11 is 6.00. The molecule has 0 atom stereocenters. The van der Waals surface area contributed by atoms with Crippen LogP contribution in [0.2, 0.25) is 5.02 Å². The van der Waals surface area contributed by atoms with Gasteiger partial charge in [-0.2, -0.15) is 13.2 Å². The Morgan fingerprint density at radius 2 is 1.67 bits per heavy atom. The fourth-order valence-electron chi connectivity index (χ4n) is 2.16. The van der Waals surface area contributed by atoms with Crippen LogP contribution in [0.3, 0.4) is 0 Å². The molecule has 2 rings (SSSR count). The van der Waals surface area contributed by atoms with Crippen molar-refractivity contribution in [2.75, 3.05) is 24.9 Å². The maximum absolute atomic E-state index is 13.1. The molecule has 0 fully saturated rings. The number of carbonyl (C=O) groups is 1. The zero-order chi connectivity index (χ0) is 20.4. The molecule has 0 N–H and O–H groups in total.